The molecule has 0 amide bonds. The van der Waals surface area contributed by atoms with E-state index in [9.17, 15) is 0 Å². The van der Waals surface area contributed by atoms with Gasteiger partial charge in [-0.25, -0.2) is 15.0 Å². The molecule has 14 rings (SSSR count). The van der Waals surface area contributed by atoms with Crippen LogP contribution in [0.3, 0.4) is 0 Å². The van der Waals surface area contributed by atoms with Crippen LogP contribution in [0.25, 0.3) is 139 Å². The third kappa shape index (κ3) is 6.51. The molecule has 326 valence electrons. The van der Waals surface area contributed by atoms with Gasteiger partial charge in [-0.1, -0.05) is 188 Å². The molecule has 0 aliphatic heterocycles. The van der Waals surface area contributed by atoms with Crippen molar-refractivity contribution in [2.24, 2.45) is 0 Å². The normalized spacial score (nSPS) is 11.7. The highest BCUT2D eigenvalue weighted by Crippen LogP contribution is 2.46. The summed E-state index contributed by atoms with van der Waals surface area (Å²) in [6.07, 6.45) is 0. The van der Waals surface area contributed by atoms with Gasteiger partial charge in [-0.15, -0.1) is 0 Å². The van der Waals surface area contributed by atoms with E-state index in [1.54, 1.807) is 0 Å². The largest absolute Gasteiger partial charge is 0.456 e. The van der Waals surface area contributed by atoms with E-state index in [1.807, 2.05) is 12.1 Å². The summed E-state index contributed by atoms with van der Waals surface area (Å²) < 4.78 is 8.99. The van der Waals surface area contributed by atoms with Crippen LogP contribution in [-0.4, -0.2) is 19.5 Å². The Morgan fingerprint density at radius 2 is 0.886 bits per heavy atom. The average Bonchev–Trinajstić information content (AvgIpc) is 3.98. The fraction of sp³-hybridized carbons (Fsp3) is 0. The molecule has 0 spiro atoms. The molecule has 70 heavy (non-hydrogen) atoms. The summed E-state index contributed by atoms with van der Waals surface area (Å²) >= 11 is 0. The average molecular weight is 893 g/mol. The van der Waals surface area contributed by atoms with E-state index in [0.717, 1.165) is 111 Å². The lowest BCUT2D eigenvalue weighted by molar-refractivity contribution is 0.669. The smallest absolute Gasteiger partial charge is 0.160 e. The first-order valence-electron chi connectivity index (χ1n) is 23.7. The van der Waals surface area contributed by atoms with Gasteiger partial charge in [0.1, 0.15) is 11.2 Å². The molecular formula is C65H40N4O. The SMILES string of the molecule is c1ccc(-c2cc(-c3cccc(-n4c5ccccc5c5ccccc54)c3)nc(-c3ccc(-c4cccc(-c5nc6ccccc6c6c(-c7ccccc7)c7c(cc56)oc5ccccc57)c4)cc3)n2)cc1. The first kappa shape index (κ1) is 39.7. The van der Waals surface area contributed by atoms with Crippen molar-refractivity contribution < 1.29 is 4.42 Å². The highest BCUT2D eigenvalue weighted by molar-refractivity contribution is 6.27. The summed E-state index contributed by atoms with van der Waals surface area (Å²) in [5, 5.41) is 8.00. The molecule has 5 heteroatoms. The molecule has 0 unspecified atom stereocenters. The standard InChI is InChI=1S/C65H40N4O/c1-3-17-42(18-4-1)55-40-56(46-22-16-24-48(38-46)69-57-30-12-8-25-49(57)50-26-9-13-31-58(50)69)68-65(67-55)44-35-33-41(34-36-44)45-21-15-23-47(37-45)64-53-39-60-63(52-28-10-14-32-59(52)70-60)61(43-19-5-2-6-20-43)62(53)51-27-7-11-29-54(51)66-64/h1-40H. The fourth-order valence-corrected chi connectivity index (χ4v) is 10.6. The van der Waals surface area contributed by atoms with E-state index in [4.69, 9.17) is 19.4 Å². The molecule has 10 aromatic carbocycles. The first-order chi connectivity index (χ1) is 34.7. The minimum absolute atomic E-state index is 0.664. The molecule has 4 aromatic heterocycles. The van der Waals surface area contributed by atoms with Crippen LogP contribution in [0, 0.1) is 0 Å². The fourth-order valence-electron chi connectivity index (χ4n) is 10.6. The summed E-state index contributed by atoms with van der Waals surface area (Å²) in [7, 11) is 0. The maximum absolute atomic E-state index is 6.64. The Labute approximate surface area is 403 Å². The number of benzene rings is 10. The summed E-state index contributed by atoms with van der Waals surface area (Å²) in [5.74, 6) is 0.664. The molecule has 4 heterocycles. The predicted octanol–water partition coefficient (Wildman–Crippen LogP) is 17.2. The lowest BCUT2D eigenvalue weighted by Gasteiger charge is -2.16. The van der Waals surface area contributed by atoms with Crippen molar-refractivity contribution in [1.29, 1.82) is 0 Å². The number of hydrogen-bond donors (Lipinski definition) is 0. The van der Waals surface area contributed by atoms with Gasteiger partial charge in [-0.3, -0.25) is 0 Å². The van der Waals surface area contributed by atoms with Crippen molar-refractivity contribution in [1.82, 2.24) is 19.5 Å². The summed E-state index contributed by atoms with van der Waals surface area (Å²) in [6.45, 7) is 0. The van der Waals surface area contributed by atoms with E-state index in [0.29, 0.717) is 5.82 Å². The topological polar surface area (TPSA) is 56.7 Å². The zero-order chi connectivity index (χ0) is 46.1. The predicted molar refractivity (Wildman–Crippen MR) is 289 cm³/mol. The highest BCUT2D eigenvalue weighted by atomic mass is 16.3. The zero-order valence-electron chi connectivity index (χ0n) is 37.8. The van der Waals surface area contributed by atoms with Crippen molar-refractivity contribution in [2.45, 2.75) is 0 Å². The Bertz CT molecular complexity index is 4290. The van der Waals surface area contributed by atoms with E-state index >= 15 is 0 Å². The molecule has 0 fully saturated rings. The number of rotatable bonds is 7. The molecule has 14 aromatic rings. The number of hydrogen-bond acceptors (Lipinski definition) is 4. The second-order valence-electron chi connectivity index (χ2n) is 17.9. The number of aromatic nitrogens is 4. The second-order valence-corrected chi connectivity index (χ2v) is 17.9. The lowest BCUT2D eigenvalue weighted by Crippen LogP contribution is -1.98. The quantitative estimate of drug-likeness (QED) is 0.150. The third-order valence-electron chi connectivity index (χ3n) is 13.8. The number of pyridine rings is 1. The Morgan fingerprint density at radius 1 is 0.314 bits per heavy atom. The highest BCUT2D eigenvalue weighted by Gasteiger charge is 2.22. The summed E-state index contributed by atoms with van der Waals surface area (Å²) in [6, 6.07) is 85.5. The lowest BCUT2D eigenvalue weighted by atomic mass is 9.89. The first-order valence-corrected chi connectivity index (χ1v) is 23.7. The van der Waals surface area contributed by atoms with Crippen molar-refractivity contribution in [2.75, 3.05) is 0 Å². The Kier molecular flexibility index (Phi) is 9.14. The van der Waals surface area contributed by atoms with Crippen molar-refractivity contribution in [3.05, 3.63) is 243 Å². The van der Waals surface area contributed by atoms with Crippen LogP contribution in [0.1, 0.15) is 0 Å². The Morgan fingerprint density at radius 3 is 1.64 bits per heavy atom. The third-order valence-corrected chi connectivity index (χ3v) is 13.8. The van der Waals surface area contributed by atoms with E-state index < -0.39 is 0 Å². The van der Waals surface area contributed by atoms with Gasteiger partial charge in [-0.05, 0) is 71.3 Å². The number of nitrogens with zero attached hydrogens (tertiary/aromatic N) is 4. The monoisotopic (exact) mass is 892 g/mol. The van der Waals surface area contributed by atoms with Crippen LogP contribution in [-0.2, 0) is 0 Å². The van der Waals surface area contributed by atoms with Crippen LogP contribution in [0.5, 0.6) is 0 Å². The van der Waals surface area contributed by atoms with Gasteiger partial charge in [0.2, 0.25) is 0 Å². The van der Waals surface area contributed by atoms with Gasteiger partial charge < -0.3 is 8.98 Å². The molecule has 0 N–H and O–H groups in total. The number of furan rings is 1. The van der Waals surface area contributed by atoms with Gasteiger partial charge in [0.15, 0.2) is 5.82 Å². The molecule has 5 nitrogen and oxygen atoms in total. The molecule has 0 saturated carbocycles. The summed E-state index contributed by atoms with van der Waals surface area (Å²) in [5.41, 5.74) is 17.2. The van der Waals surface area contributed by atoms with Crippen LogP contribution < -0.4 is 0 Å². The van der Waals surface area contributed by atoms with Gasteiger partial charge >= 0.3 is 0 Å². The van der Waals surface area contributed by atoms with Gasteiger partial charge in [-0.2, -0.15) is 0 Å². The van der Waals surface area contributed by atoms with E-state index in [-0.39, 0.29) is 0 Å². The minimum atomic E-state index is 0.664. The van der Waals surface area contributed by atoms with Crippen molar-refractivity contribution >= 4 is 65.4 Å². The zero-order valence-corrected chi connectivity index (χ0v) is 37.8. The van der Waals surface area contributed by atoms with E-state index in [1.165, 1.54) is 21.8 Å². The van der Waals surface area contributed by atoms with Crippen LogP contribution in [0.15, 0.2) is 247 Å². The van der Waals surface area contributed by atoms with E-state index in [2.05, 4.69) is 235 Å². The Balaban J connectivity index is 0.880. The van der Waals surface area contributed by atoms with Crippen LogP contribution in [0.2, 0.25) is 0 Å². The number of para-hydroxylation sites is 4. The molecule has 0 aliphatic carbocycles. The molecule has 0 radical (unpaired) electrons. The molecule has 0 atom stereocenters. The Hall–Kier alpha value is -9.45. The molecule has 0 bridgehead atoms. The minimum Gasteiger partial charge on any atom is -0.456 e. The maximum atomic E-state index is 6.64. The van der Waals surface area contributed by atoms with Crippen molar-refractivity contribution in [3.8, 4) is 73.1 Å². The summed E-state index contributed by atoms with van der Waals surface area (Å²) in [4.78, 5) is 15.9. The number of fused-ring (bicyclic) bond motifs is 9. The second kappa shape index (κ2) is 16.1. The molecule has 0 saturated heterocycles. The molecular weight excluding hydrogens is 853 g/mol. The van der Waals surface area contributed by atoms with Gasteiger partial charge in [0, 0.05) is 71.2 Å². The van der Waals surface area contributed by atoms with Crippen molar-refractivity contribution in [3.63, 3.8) is 0 Å². The van der Waals surface area contributed by atoms with Crippen LogP contribution >= 0.6 is 0 Å². The van der Waals surface area contributed by atoms with Crippen LogP contribution in [0.4, 0.5) is 0 Å². The van der Waals surface area contributed by atoms with Gasteiger partial charge in [0.05, 0.1) is 33.6 Å². The van der Waals surface area contributed by atoms with Gasteiger partial charge in [0.25, 0.3) is 0 Å². The molecule has 0 aliphatic rings. The maximum Gasteiger partial charge on any atom is 0.160 e.